The zero-order valence-electron chi connectivity index (χ0n) is 14.9. The van der Waals surface area contributed by atoms with Crippen molar-refractivity contribution in [3.63, 3.8) is 0 Å². The minimum atomic E-state index is 0.267. The molecule has 2 aromatic carbocycles. The van der Waals surface area contributed by atoms with Crippen LogP contribution in [0.2, 0.25) is 0 Å². The maximum atomic E-state index is 2.93. The summed E-state index contributed by atoms with van der Waals surface area (Å²) >= 11 is 0. The van der Waals surface area contributed by atoms with Gasteiger partial charge in [0.2, 0.25) is 0 Å². The monoisotopic (exact) mass is 312 g/mol. The summed E-state index contributed by atoms with van der Waals surface area (Å²) in [4.78, 5) is 0. The molecule has 0 fully saturated rings. The van der Waals surface area contributed by atoms with E-state index >= 15 is 0 Å². The Balaban J connectivity index is 2.24. The predicted molar refractivity (Wildman–Crippen MR) is 102 cm³/mol. The fourth-order valence-electron chi connectivity index (χ4n) is 3.12. The Morgan fingerprint density at radius 1 is 0.818 bits per heavy atom. The first-order valence-corrected chi connectivity index (χ1v) is 8.68. The third-order valence-corrected chi connectivity index (χ3v) is 4.78. The third kappa shape index (κ3) is 4.20. The predicted octanol–water partition coefficient (Wildman–Crippen LogP) is 5.71. The van der Waals surface area contributed by atoms with Crippen molar-refractivity contribution < 1.29 is 0 Å². The van der Waals surface area contributed by atoms with Gasteiger partial charge in [0.1, 0.15) is 0 Å². The highest BCUT2D eigenvalue weighted by Gasteiger charge is 2.12. The summed E-state index contributed by atoms with van der Waals surface area (Å²) in [5.74, 6) is 0. The van der Waals surface area contributed by atoms with E-state index in [1.807, 2.05) is 0 Å². The quantitative estimate of drug-likeness (QED) is 0.635. The first-order chi connectivity index (χ1) is 10.2. The lowest BCUT2D eigenvalue weighted by molar-refractivity contribution is 0.708. The maximum Gasteiger partial charge on any atom is -0.00204 e. The molecule has 22 heavy (non-hydrogen) atoms. The van der Waals surface area contributed by atoms with Crippen LogP contribution in [0.25, 0.3) is 0 Å². The second kappa shape index (κ2) is 6.55. The van der Waals surface area contributed by atoms with E-state index < -0.39 is 0 Å². The van der Waals surface area contributed by atoms with Crippen molar-refractivity contribution in [3.8, 4) is 0 Å². The molecule has 2 rings (SSSR count). The Labute approximate surface area is 138 Å². The van der Waals surface area contributed by atoms with E-state index in [1.54, 1.807) is 0 Å². The molecule has 118 valence electrons. The van der Waals surface area contributed by atoms with Gasteiger partial charge in [-0.25, -0.2) is 0 Å². The number of aryl methyl sites for hydroxylation is 2. The van der Waals surface area contributed by atoms with Crippen LogP contribution in [0.4, 0.5) is 0 Å². The van der Waals surface area contributed by atoms with Crippen molar-refractivity contribution in [3.05, 3.63) is 69.3 Å². The molecule has 0 spiro atoms. The molecule has 1 heteroatoms. The summed E-state index contributed by atoms with van der Waals surface area (Å²) in [6, 6.07) is 11.5. The molecule has 1 unspecified atom stereocenters. The molecule has 0 bridgehead atoms. The van der Waals surface area contributed by atoms with Gasteiger partial charge in [0.05, 0.1) is 0 Å². The van der Waals surface area contributed by atoms with Crippen molar-refractivity contribution in [1.29, 1.82) is 0 Å². The molecule has 0 saturated carbocycles. The molecule has 0 aromatic heterocycles. The SMILES string of the molecule is Cc1cc(C)c(Cc2ccc(CC(C)(C)P)cc2)c(C)c1C. The van der Waals surface area contributed by atoms with Crippen LogP contribution in [0.5, 0.6) is 0 Å². The van der Waals surface area contributed by atoms with Gasteiger partial charge in [-0.2, -0.15) is 0 Å². The average Bonchev–Trinajstić information content (AvgIpc) is 2.41. The van der Waals surface area contributed by atoms with Crippen molar-refractivity contribution >= 4 is 9.24 Å². The normalized spacial score (nSPS) is 11.8. The number of hydrogen-bond acceptors (Lipinski definition) is 0. The van der Waals surface area contributed by atoms with Crippen molar-refractivity contribution in [1.82, 2.24) is 0 Å². The molecule has 0 saturated heterocycles. The Hall–Kier alpha value is -1.13. The Morgan fingerprint density at radius 2 is 1.36 bits per heavy atom. The van der Waals surface area contributed by atoms with Gasteiger partial charge in [0.25, 0.3) is 0 Å². The van der Waals surface area contributed by atoms with E-state index in [0.717, 1.165) is 12.8 Å². The highest BCUT2D eigenvalue weighted by atomic mass is 31.0. The lowest BCUT2D eigenvalue weighted by atomic mass is 9.90. The molecule has 0 nitrogen and oxygen atoms in total. The van der Waals surface area contributed by atoms with Gasteiger partial charge >= 0.3 is 0 Å². The van der Waals surface area contributed by atoms with E-state index in [2.05, 4.69) is 81.1 Å². The fourth-order valence-corrected chi connectivity index (χ4v) is 3.35. The van der Waals surface area contributed by atoms with Gasteiger partial charge in [-0.05, 0) is 84.6 Å². The van der Waals surface area contributed by atoms with Crippen LogP contribution >= 0.6 is 9.24 Å². The molecular weight excluding hydrogens is 283 g/mol. The highest BCUT2D eigenvalue weighted by molar-refractivity contribution is 7.18. The zero-order valence-corrected chi connectivity index (χ0v) is 16.0. The Morgan fingerprint density at radius 3 is 1.91 bits per heavy atom. The second-order valence-electron chi connectivity index (χ2n) is 7.40. The third-order valence-electron chi connectivity index (χ3n) is 4.58. The molecule has 0 amide bonds. The van der Waals surface area contributed by atoms with Crippen LogP contribution < -0.4 is 0 Å². The van der Waals surface area contributed by atoms with Crippen molar-refractivity contribution in [2.75, 3.05) is 0 Å². The smallest absolute Gasteiger partial charge is 0.00204 e. The maximum absolute atomic E-state index is 2.93. The van der Waals surface area contributed by atoms with Gasteiger partial charge in [0.15, 0.2) is 0 Å². The van der Waals surface area contributed by atoms with E-state index in [1.165, 1.54) is 38.9 Å². The standard InChI is InChI=1S/C21H29P/c1-14-11-15(2)20(17(4)16(14)3)12-18-7-9-19(10-8-18)13-21(5,6)22/h7-11H,12-13,22H2,1-6H3. The van der Waals surface area contributed by atoms with Crippen molar-refractivity contribution in [2.45, 2.75) is 59.5 Å². The summed E-state index contributed by atoms with van der Waals surface area (Å²) in [5.41, 5.74) is 10.0. The van der Waals surface area contributed by atoms with E-state index in [-0.39, 0.29) is 5.16 Å². The van der Waals surface area contributed by atoms with Gasteiger partial charge in [-0.3, -0.25) is 0 Å². The minimum Gasteiger partial charge on any atom is -0.131 e. The highest BCUT2D eigenvalue weighted by Crippen LogP contribution is 2.25. The van der Waals surface area contributed by atoms with Crippen LogP contribution in [0.1, 0.15) is 52.8 Å². The van der Waals surface area contributed by atoms with Crippen LogP contribution in [-0.4, -0.2) is 5.16 Å². The van der Waals surface area contributed by atoms with Crippen molar-refractivity contribution in [2.24, 2.45) is 0 Å². The first-order valence-electron chi connectivity index (χ1n) is 8.10. The van der Waals surface area contributed by atoms with Crippen LogP contribution in [0.15, 0.2) is 30.3 Å². The molecule has 0 aliphatic heterocycles. The number of hydrogen-bond donors (Lipinski definition) is 0. The summed E-state index contributed by atoms with van der Waals surface area (Å²) in [6.07, 6.45) is 2.13. The fraction of sp³-hybridized carbons (Fsp3) is 0.429. The average molecular weight is 312 g/mol. The molecule has 0 aliphatic rings. The van der Waals surface area contributed by atoms with Crippen LogP contribution in [-0.2, 0) is 12.8 Å². The molecule has 0 N–H and O–H groups in total. The van der Waals surface area contributed by atoms with Gasteiger partial charge in [0, 0.05) is 0 Å². The number of benzene rings is 2. The molecule has 0 heterocycles. The lowest BCUT2D eigenvalue weighted by Crippen LogP contribution is -2.12. The summed E-state index contributed by atoms with van der Waals surface area (Å²) in [7, 11) is 2.93. The topological polar surface area (TPSA) is 0 Å². The molecule has 1 atom stereocenters. The van der Waals surface area contributed by atoms with E-state index in [4.69, 9.17) is 0 Å². The van der Waals surface area contributed by atoms with E-state index in [9.17, 15) is 0 Å². The van der Waals surface area contributed by atoms with Gasteiger partial charge in [-0.15, -0.1) is 9.24 Å². The molecule has 0 radical (unpaired) electrons. The molecule has 2 aromatic rings. The van der Waals surface area contributed by atoms with Gasteiger partial charge < -0.3 is 0 Å². The summed E-state index contributed by atoms with van der Waals surface area (Å²) in [5, 5.41) is 0.267. The van der Waals surface area contributed by atoms with Crippen LogP contribution in [0.3, 0.4) is 0 Å². The minimum absolute atomic E-state index is 0.267. The molecule has 0 aliphatic carbocycles. The van der Waals surface area contributed by atoms with E-state index in [0.29, 0.717) is 0 Å². The zero-order chi connectivity index (χ0) is 16.5. The Bertz CT molecular complexity index is 658. The summed E-state index contributed by atoms with van der Waals surface area (Å²) in [6.45, 7) is 13.5. The lowest BCUT2D eigenvalue weighted by Gasteiger charge is -2.18. The second-order valence-corrected chi connectivity index (χ2v) is 8.96. The summed E-state index contributed by atoms with van der Waals surface area (Å²) < 4.78 is 0. The largest absolute Gasteiger partial charge is 0.131 e. The van der Waals surface area contributed by atoms with Crippen LogP contribution in [0, 0.1) is 27.7 Å². The number of rotatable bonds is 4. The molecular formula is C21H29P. The Kier molecular flexibility index (Phi) is 5.13. The van der Waals surface area contributed by atoms with Gasteiger partial charge in [-0.1, -0.05) is 44.2 Å². The first kappa shape index (κ1) is 17.2.